The molecular weight excluding hydrogens is 370 g/mol. The van der Waals surface area contributed by atoms with Crippen LogP contribution in [0.15, 0.2) is 34.9 Å². The number of carbonyl (C=O) groups excluding carboxylic acids is 1. The highest BCUT2D eigenvalue weighted by molar-refractivity contribution is 6.00. The Morgan fingerprint density at radius 3 is 2.23 bits per heavy atom. The summed E-state index contributed by atoms with van der Waals surface area (Å²) in [4.78, 5) is 12.7. The van der Waals surface area contributed by atoms with Gasteiger partial charge in [-0.25, -0.2) is 0 Å². The Hall–Kier alpha value is -2.55. The van der Waals surface area contributed by atoms with E-state index in [9.17, 15) is 4.79 Å². The zero-order chi connectivity index (χ0) is 22.2. The second-order valence-corrected chi connectivity index (χ2v) is 10.1. The summed E-state index contributed by atoms with van der Waals surface area (Å²) in [6.07, 6.45) is 3.08. The van der Waals surface area contributed by atoms with Gasteiger partial charge in [0.2, 0.25) is 5.91 Å². The van der Waals surface area contributed by atoms with Crippen LogP contribution in [0.3, 0.4) is 0 Å². The molecular formula is C27H35NO2. The molecule has 1 N–H and O–H groups in total. The highest BCUT2D eigenvalue weighted by Crippen LogP contribution is 2.38. The van der Waals surface area contributed by atoms with Crippen LogP contribution in [-0.4, -0.2) is 5.91 Å². The number of fused-ring (bicyclic) bond motifs is 1. The minimum Gasteiger partial charge on any atom is -0.464 e. The van der Waals surface area contributed by atoms with Gasteiger partial charge < -0.3 is 9.73 Å². The normalized spacial score (nSPS) is 12.0. The Morgan fingerprint density at radius 2 is 1.67 bits per heavy atom. The fraction of sp³-hybridized carbons (Fsp3) is 0.444. The van der Waals surface area contributed by atoms with Crippen molar-refractivity contribution in [1.82, 2.24) is 0 Å². The van der Waals surface area contributed by atoms with Crippen LogP contribution in [0.4, 0.5) is 5.69 Å². The Bertz CT molecular complexity index is 1060. The second kappa shape index (κ2) is 8.29. The van der Waals surface area contributed by atoms with Crippen molar-refractivity contribution >= 4 is 22.6 Å². The lowest BCUT2D eigenvalue weighted by Crippen LogP contribution is -2.21. The first kappa shape index (κ1) is 22.1. The van der Waals surface area contributed by atoms with Gasteiger partial charge in [0.25, 0.3) is 0 Å². The lowest BCUT2D eigenvalue weighted by Gasteiger charge is -2.21. The molecule has 1 heterocycles. The van der Waals surface area contributed by atoms with Crippen LogP contribution >= 0.6 is 0 Å². The Morgan fingerprint density at radius 1 is 1.03 bits per heavy atom. The zero-order valence-electron chi connectivity index (χ0n) is 19.7. The standard InChI is InChI=1S/C27H35NO2/c1-16(2)21-11-9-20(10-12-21)13-22-18(4)25(28-23(29)14-27(6,7)8)19(5)24-17(3)15-30-26(22)24/h9-12,15-16H,13-14H2,1-8H3,(H,28,29). The van der Waals surface area contributed by atoms with E-state index < -0.39 is 0 Å². The number of furan rings is 1. The molecule has 0 aliphatic carbocycles. The van der Waals surface area contributed by atoms with Crippen molar-refractivity contribution in [1.29, 1.82) is 0 Å². The molecule has 0 fully saturated rings. The number of hydrogen-bond acceptors (Lipinski definition) is 2. The molecule has 0 unspecified atom stereocenters. The molecule has 0 saturated carbocycles. The smallest absolute Gasteiger partial charge is 0.224 e. The number of anilines is 1. The zero-order valence-corrected chi connectivity index (χ0v) is 19.7. The summed E-state index contributed by atoms with van der Waals surface area (Å²) >= 11 is 0. The predicted molar refractivity (Wildman–Crippen MR) is 126 cm³/mol. The molecule has 0 aliphatic heterocycles. The van der Waals surface area contributed by atoms with Crippen LogP contribution < -0.4 is 5.32 Å². The Labute approximate surface area is 180 Å². The highest BCUT2D eigenvalue weighted by Gasteiger charge is 2.22. The fourth-order valence-electron chi connectivity index (χ4n) is 4.15. The van der Waals surface area contributed by atoms with Crippen molar-refractivity contribution in [2.24, 2.45) is 5.41 Å². The SMILES string of the molecule is Cc1c(NC(=O)CC(C)(C)C)c(C)c2c(C)coc2c1Cc1ccc(C(C)C)cc1. The van der Waals surface area contributed by atoms with Crippen LogP contribution in [0.1, 0.15) is 80.3 Å². The first-order valence-electron chi connectivity index (χ1n) is 10.9. The number of hydrogen-bond donors (Lipinski definition) is 1. The summed E-state index contributed by atoms with van der Waals surface area (Å²) in [7, 11) is 0. The van der Waals surface area contributed by atoms with Gasteiger partial charge in [0.15, 0.2) is 0 Å². The molecule has 2 aromatic carbocycles. The molecule has 0 spiro atoms. The number of amides is 1. The summed E-state index contributed by atoms with van der Waals surface area (Å²) in [6.45, 7) is 16.9. The van der Waals surface area contributed by atoms with Gasteiger partial charge in [0.1, 0.15) is 5.58 Å². The first-order chi connectivity index (χ1) is 14.0. The number of rotatable bonds is 5. The van der Waals surface area contributed by atoms with E-state index in [1.807, 2.05) is 6.26 Å². The predicted octanol–water partition coefficient (Wildman–Crippen LogP) is 7.45. The number of nitrogens with one attached hydrogen (secondary N) is 1. The first-order valence-corrected chi connectivity index (χ1v) is 10.9. The van der Waals surface area contributed by atoms with Crippen molar-refractivity contribution in [2.45, 2.75) is 74.1 Å². The minimum absolute atomic E-state index is 0.0530. The quantitative estimate of drug-likeness (QED) is 0.479. The molecule has 1 aromatic heterocycles. The molecule has 30 heavy (non-hydrogen) atoms. The molecule has 3 heteroatoms. The van der Waals surface area contributed by atoms with Crippen LogP contribution in [-0.2, 0) is 11.2 Å². The van der Waals surface area contributed by atoms with E-state index in [0.717, 1.165) is 45.3 Å². The van der Waals surface area contributed by atoms with Gasteiger partial charge in [-0.15, -0.1) is 0 Å². The van der Waals surface area contributed by atoms with Crippen LogP contribution in [0.2, 0.25) is 0 Å². The third kappa shape index (κ3) is 4.61. The van der Waals surface area contributed by atoms with E-state index in [1.54, 1.807) is 0 Å². The van der Waals surface area contributed by atoms with Crippen molar-refractivity contribution in [3.05, 3.63) is 63.9 Å². The molecule has 0 atom stereocenters. The summed E-state index contributed by atoms with van der Waals surface area (Å²) in [6, 6.07) is 8.82. The van der Waals surface area contributed by atoms with Gasteiger partial charge in [-0.3, -0.25) is 4.79 Å². The van der Waals surface area contributed by atoms with Gasteiger partial charge in [-0.1, -0.05) is 58.9 Å². The molecule has 0 saturated heterocycles. The fourth-order valence-corrected chi connectivity index (χ4v) is 4.15. The maximum absolute atomic E-state index is 12.7. The molecule has 0 radical (unpaired) electrons. The topological polar surface area (TPSA) is 42.2 Å². The lowest BCUT2D eigenvalue weighted by atomic mass is 9.90. The molecule has 3 aromatic rings. The van der Waals surface area contributed by atoms with E-state index in [2.05, 4.69) is 85.0 Å². The molecule has 3 nitrogen and oxygen atoms in total. The van der Waals surface area contributed by atoms with Gasteiger partial charge in [-0.05, 0) is 59.9 Å². The maximum Gasteiger partial charge on any atom is 0.224 e. The third-order valence-electron chi connectivity index (χ3n) is 5.81. The molecule has 1 amide bonds. The summed E-state index contributed by atoms with van der Waals surface area (Å²) in [5, 5.41) is 4.33. The van der Waals surface area contributed by atoms with Gasteiger partial charge in [0, 0.05) is 29.5 Å². The molecule has 160 valence electrons. The van der Waals surface area contributed by atoms with Gasteiger partial charge in [0.05, 0.1) is 6.26 Å². The van der Waals surface area contributed by atoms with E-state index in [4.69, 9.17) is 4.42 Å². The molecule has 0 aliphatic rings. The van der Waals surface area contributed by atoms with Crippen LogP contribution in [0.25, 0.3) is 11.0 Å². The summed E-state index contributed by atoms with van der Waals surface area (Å²) < 4.78 is 6.00. The highest BCUT2D eigenvalue weighted by atomic mass is 16.3. The average Bonchev–Trinajstić information content (AvgIpc) is 3.03. The van der Waals surface area contributed by atoms with Crippen LogP contribution in [0.5, 0.6) is 0 Å². The number of benzene rings is 2. The molecule has 3 rings (SSSR count). The van der Waals surface area contributed by atoms with E-state index in [-0.39, 0.29) is 11.3 Å². The lowest BCUT2D eigenvalue weighted by molar-refractivity contribution is -0.117. The number of carbonyl (C=O) groups is 1. The van der Waals surface area contributed by atoms with Crippen molar-refractivity contribution in [3.8, 4) is 0 Å². The van der Waals surface area contributed by atoms with Crippen molar-refractivity contribution in [3.63, 3.8) is 0 Å². The Kier molecular flexibility index (Phi) is 6.12. The van der Waals surface area contributed by atoms with E-state index in [0.29, 0.717) is 12.3 Å². The summed E-state index contributed by atoms with van der Waals surface area (Å²) in [5.41, 5.74) is 8.81. The van der Waals surface area contributed by atoms with Crippen LogP contribution in [0, 0.1) is 26.2 Å². The average molecular weight is 406 g/mol. The minimum atomic E-state index is -0.0530. The van der Waals surface area contributed by atoms with E-state index in [1.165, 1.54) is 11.1 Å². The summed E-state index contributed by atoms with van der Waals surface area (Å²) in [5.74, 6) is 0.575. The van der Waals surface area contributed by atoms with Gasteiger partial charge in [-0.2, -0.15) is 0 Å². The molecule has 0 bridgehead atoms. The number of aryl methyl sites for hydroxylation is 2. The van der Waals surface area contributed by atoms with Gasteiger partial charge >= 0.3 is 0 Å². The maximum atomic E-state index is 12.7. The second-order valence-electron chi connectivity index (χ2n) is 10.1. The van der Waals surface area contributed by atoms with E-state index >= 15 is 0 Å². The Balaban J connectivity index is 2.06. The third-order valence-corrected chi connectivity index (χ3v) is 5.81. The largest absolute Gasteiger partial charge is 0.464 e. The van der Waals surface area contributed by atoms with Crippen molar-refractivity contribution in [2.75, 3.05) is 5.32 Å². The monoisotopic (exact) mass is 405 g/mol. The van der Waals surface area contributed by atoms with Crippen molar-refractivity contribution < 1.29 is 9.21 Å².